The van der Waals surface area contributed by atoms with Gasteiger partial charge in [0.05, 0.1) is 6.61 Å². The summed E-state index contributed by atoms with van der Waals surface area (Å²) in [6.45, 7) is 0.634. The first kappa shape index (κ1) is 17.6. The topological polar surface area (TPSA) is 126 Å². The number of carbonyl (C=O) groups excluding carboxylic acids is 1. The average Bonchev–Trinajstić information content (AvgIpc) is 2.54. The molecule has 4 N–H and O–H groups in total. The zero-order valence-corrected chi connectivity index (χ0v) is 12.5. The Balaban J connectivity index is 2.11. The fourth-order valence-corrected chi connectivity index (χ4v) is 2.23. The molecule has 0 aliphatic carbocycles. The summed E-state index contributed by atoms with van der Waals surface area (Å²) in [4.78, 5) is 10.9. The average molecular weight is 328 g/mol. The summed E-state index contributed by atoms with van der Waals surface area (Å²) in [5, 5.41) is 39.1. The number of para-hydroxylation sites is 1. The lowest BCUT2D eigenvalue weighted by Crippen LogP contribution is -2.60. The second kappa shape index (κ2) is 7.71. The second-order valence-electron chi connectivity index (χ2n) is 5.20. The molecule has 1 aliphatic rings. The Bertz CT molecular complexity index is 534. The van der Waals surface area contributed by atoms with Gasteiger partial charge in [-0.05, 0) is 6.07 Å². The van der Waals surface area contributed by atoms with Gasteiger partial charge in [0.25, 0.3) is 0 Å². The van der Waals surface area contributed by atoms with Crippen molar-refractivity contribution in [3.05, 3.63) is 29.8 Å². The van der Waals surface area contributed by atoms with Crippen LogP contribution in [0.1, 0.15) is 12.5 Å². The molecule has 5 atom stereocenters. The molecular formula is C15H20O8. The summed E-state index contributed by atoms with van der Waals surface area (Å²) >= 11 is 0. The summed E-state index contributed by atoms with van der Waals surface area (Å²) in [7, 11) is 0. The first-order valence-corrected chi connectivity index (χ1v) is 7.12. The predicted molar refractivity (Wildman–Crippen MR) is 76.3 cm³/mol. The number of esters is 1. The van der Waals surface area contributed by atoms with Crippen LogP contribution in [0.25, 0.3) is 0 Å². The van der Waals surface area contributed by atoms with E-state index in [2.05, 4.69) is 0 Å². The van der Waals surface area contributed by atoms with E-state index in [4.69, 9.17) is 14.2 Å². The lowest BCUT2D eigenvalue weighted by atomic mass is 9.99. The quantitative estimate of drug-likeness (QED) is 0.503. The fourth-order valence-electron chi connectivity index (χ4n) is 2.23. The maximum Gasteiger partial charge on any atom is 0.302 e. The number of ether oxygens (including phenoxy) is 3. The number of carbonyl (C=O) groups is 1. The van der Waals surface area contributed by atoms with Gasteiger partial charge in [-0.2, -0.15) is 0 Å². The molecule has 0 saturated carbocycles. The predicted octanol–water partition coefficient (Wildman–Crippen LogP) is -1.07. The van der Waals surface area contributed by atoms with E-state index in [-0.39, 0.29) is 19.0 Å². The van der Waals surface area contributed by atoms with Gasteiger partial charge in [-0.15, -0.1) is 0 Å². The molecule has 0 bridgehead atoms. The molecule has 0 unspecified atom stereocenters. The molecule has 128 valence electrons. The fraction of sp³-hybridized carbons (Fsp3) is 0.533. The zero-order valence-electron chi connectivity index (χ0n) is 12.5. The third kappa shape index (κ3) is 4.18. The molecule has 0 aromatic heterocycles. The lowest BCUT2D eigenvalue weighted by molar-refractivity contribution is -0.278. The monoisotopic (exact) mass is 328 g/mol. The Hall–Kier alpha value is -1.71. The molecule has 1 aliphatic heterocycles. The van der Waals surface area contributed by atoms with Gasteiger partial charge < -0.3 is 34.6 Å². The Morgan fingerprint density at radius 1 is 1.17 bits per heavy atom. The highest BCUT2D eigenvalue weighted by atomic mass is 16.7. The Labute approximate surface area is 132 Å². The van der Waals surface area contributed by atoms with Crippen molar-refractivity contribution in [1.82, 2.24) is 0 Å². The molecule has 1 aromatic rings. The molecule has 8 heteroatoms. The van der Waals surface area contributed by atoms with Gasteiger partial charge in [0.15, 0.2) is 0 Å². The number of aliphatic hydroxyl groups is 4. The van der Waals surface area contributed by atoms with Gasteiger partial charge in [-0.1, -0.05) is 18.2 Å². The Morgan fingerprint density at radius 2 is 1.87 bits per heavy atom. The van der Waals surface area contributed by atoms with Crippen molar-refractivity contribution in [2.75, 3.05) is 6.61 Å². The highest BCUT2D eigenvalue weighted by Gasteiger charge is 2.45. The number of rotatable bonds is 5. The van der Waals surface area contributed by atoms with E-state index >= 15 is 0 Å². The van der Waals surface area contributed by atoms with Crippen molar-refractivity contribution in [2.45, 2.75) is 44.2 Å². The highest BCUT2D eigenvalue weighted by molar-refractivity contribution is 5.65. The summed E-state index contributed by atoms with van der Waals surface area (Å²) in [6.07, 6.45) is -6.82. The van der Waals surface area contributed by atoms with Gasteiger partial charge in [0.1, 0.15) is 36.8 Å². The minimum atomic E-state index is -1.53. The molecule has 1 saturated heterocycles. The molecule has 8 nitrogen and oxygen atoms in total. The molecule has 1 aromatic carbocycles. The van der Waals surface area contributed by atoms with Crippen LogP contribution in [0.4, 0.5) is 0 Å². The van der Waals surface area contributed by atoms with Crippen LogP contribution in [-0.4, -0.2) is 63.7 Å². The van der Waals surface area contributed by atoms with Crippen molar-refractivity contribution < 1.29 is 39.4 Å². The van der Waals surface area contributed by atoms with Crippen LogP contribution in [0.5, 0.6) is 5.75 Å². The largest absolute Gasteiger partial charge is 0.463 e. The second-order valence-corrected chi connectivity index (χ2v) is 5.20. The number of aliphatic hydroxyl groups excluding tert-OH is 4. The van der Waals surface area contributed by atoms with E-state index in [1.54, 1.807) is 24.3 Å². The van der Waals surface area contributed by atoms with Crippen molar-refractivity contribution in [3.63, 3.8) is 0 Å². The van der Waals surface area contributed by atoms with Crippen LogP contribution in [0.3, 0.4) is 0 Å². The normalized spacial score (nSPS) is 30.7. The minimum absolute atomic E-state index is 0.272. The van der Waals surface area contributed by atoms with Gasteiger partial charge in [-0.25, -0.2) is 0 Å². The molecule has 0 spiro atoms. The van der Waals surface area contributed by atoms with E-state index in [9.17, 15) is 25.2 Å². The van der Waals surface area contributed by atoms with E-state index in [0.717, 1.165) is 0 Å². The van der Waals surface area contributed by atoms with Crippen molar-refractivity contribution in [2.24, 2.45) is 0 Å². The summed E-state index contributed by atoms with van der Waals surface area (Å²) in [5.41, 5.74) is 0.473. The minimum Gasteiger partial charge on any atom is -0.463 e. The first-order valence-electron chi connectivity index (χ1n) is 7.12. The van der Waals surface area contributed by atoms with E-state index in [0.29, 0.717) is 5.56 Å². The summed E-state index contributed by atoms with van der Waals surface area (Å²) in [5.74, 6) is -0.293. The molecule has 0 radical (unpaired) electrons. The molecular weight excluding hydrogens is 308 g/mol. The Kier molecular flexibility index (Phi) is 5.91. The molecule has 1 heterocycles. The highest BCUT2D eigenvalue weighted by Crippen LogP contribution is 2.26. The smallest absolute Gasteiger partial charge is 0.302 e. The molecule has 23 heavy (non-hydrogen) atoms. The van der Waals surface area contributed by atoms with Crippen molar-refractivity contribution in [1.29, 1.82) is 0 Å². The number of benzene rings is 1. The SMILES string of the molecule is CC(=O)OC[C@H]1O[C@@H](Oc2ccccc2CO)[C@H](O)[C@@H](O)[C@@H]1O. The van der Waals surface area contributed by atoms with Crippen LogP contribution in [-0.2, 0) is 20.9 Å². The first-order chi connectivity index (χ1) is 10.9. The third-order valence-corrected chi connectivity index (χ3v) is 3.51. The van der Waals surface area contributed by atoms with Gasteiger partial charge >= 0.3 is 5.97 Å². The Morgan fingerprint density at radius 3 is 2.52 bits per heavy atom. The molecule has 0 amide bonds. The maximum absolute atomic E-state index is 10.9. The third-order valence-electron chi connectivity index (χ3n) is 3.51. The maximum atomic E-state index is 10.9. The number of hydrogen-bond acceptors (Lipinski definition) is 8. The molecule has 1 fully saturated rings. The van der Waals surface area contributed by atoms with Crippen LogP contribution in [0, 0.1) is 0 Å². The summed E-state index contributed by atoms with van der Waals surface area (Å²) in [6, 6.07) is 6.58. The summed E-state index contributed by atoms with van der Waals surface area (Å²) < 4.78 is 15.7. The van der Waals surface area contributed by atoms with Crippen molar-refractivity contribution in [3.8, 4) is 5.75 Å². The van der Waals surface area contributed by atoms with E-state index in [1.165, 1.54) is 6.92 Å². The van der Waals surface area contributed by atoms with Crippen LogP contribution in [0.15, 0.2) is 24.3 Å². The van der Waals surface area contributed by atoms with E-state index < -0.39 is 36.7 Å². The lowest BCUT2D eigenvalue weighted by Gasteiger charge is -2.40. The molecule has 2 rings (SSSR count). The number of hydrogen-bond donors (Lipinski definition) is 4. The van der Waals surface area contributed by atoms with Crippen LogP contribution in [0.2, 0.25) is 0 Å². The standard InChI is InChI=1S/C15H20O8/c1-8(17)21-7-11-12(18)13(19)14(20)15(23-11)22-10-5-3-2-4-9(10)6-16/h2-5,11-16,18-20H,6-7H2,1H3/t11-,12-,13+,14-,15-/m1/s1. The zero-order chi connectivity index (χ0) is 17.0. The van der Waals surface area contributed by atoms with Gasteiger partial charge in [0.2, 0.25) is 6.29 Å². The van der Waals surface area contributed by atoms with E-state index in [1.807, 2.05) is 0 Å². The van der Waals surface area contributed by atoms with Crippen molar-refractivity contribution >= 4 is 5.97 Å². The van der Waals surface area contributed by atoms with Crippen LogP contribution >= 0.6 is 0 Å². The van der Waals surface area contributed by atoms with Gasteiger partial charge in [-0.3, -0.25) is 4.79 Å². The van der Waals surface area contributed by atoms with Crippen LogP contribution < -0.4 is 4.74 Å². The van der Waals surface area contributed by atoms with Gasteiger partial charge in [0, 0.05) is 12.5 Å².